The Morgan fingerprint density at radius 1 is 1.20 bits per heavy atom. The average Bonchev–Trinajstić information content (AvgIpc) is 2.71. The lowest BCUT2D eigenvalue weighted by atomic mass is 10.1. The molecule has 3 rings (SSSR count). The first-order valence-electron chi connectivity index (χ1n) is 7.35. The molecule has 2 aliphatic rings. The van der Waals surface area contributed by atoms with Crippen molar-refractivity contribution in [3.05, 3.63) is 17.7 Å². The van der Waals surface area contributed by atoms with Crippen molar-refractivity contribution in [1.82, 2.24) is 4.90 Å². The summed E-state index contributed by atoms with van der Waals surface area (Å²) >= 11 is 0. The number of rotatable bonds is 1. The second kappa shape index (κ2) is 5.61. The maximum absolute atomic E-state index is 12.7. The number of piperidine rings is 1. The predicted octanol–water partition coefficient (Wildman–Crippen LogP) is 2.09. The molecule has 3 N–H and O–H groups in total. The van der Waals surface area contributed by atoms with Gasteiger partial charge in [0.15, 0.2) is 5.75 Å². The molecular weight excluding hydrogens is 254 g/mol. The summed E-state index contributed by atoms with van der Waals surface area (Å²) in [6.45, 7) is 3.13. The topological polar surface area (TPSA) is 67.6 Å². The molecule has 1 amide bonds. The van der Waals surface area contributed by atoms with Gasteiger partial charge in [-0.05, 0) is 37.8 Å². The number of hydrogen-bond acceptors (Lipinski definition) is 4. The van der Waals surface area contributed by atoms with Crippen LogP contribution in [0.4, 0.5) is 11.4 Å². The van der Waals surface area contributed by atoms with E-state index < -0.39 is 0 Å². The molecule has 0 saturated carbocycles. The number of anilines is 2. The first-order chi connectivity index (χ1) is 9.75. The third-order valence-corrected chi connectivity index (χ3v) is 3.87. The molecule has 108 valence electrons. The summed E-state index contributed by atoms with van der Waals surface area (Å²) in [5.74, 6) is 0.698. The molecule has 0 bridgehead atoms. The highest BCUT2D eigenvalue weighted by Gasteiger charge is 2.24. The minimum Gasteiger partial charge on any atom is -0.491 e. The van der Waals surface area contributed by atoms with Gasteiger partial charge in [0, 0.05) is 25.3 Å². The average molecular weight is 275 g/mol. The lowest BCUT2D eigenvalue weighted by Gasteiger charge is -2.27. The Morgan fingerprint density at radius 3 is 2.80 bits per heavy atom. The standard InChI is InChI=1S/C15H21N3O2/c16-11-9-12(15(19)18-6-2-1-3-7-18)14-13(10-11)17-5-4-8-20-14/h9-10,17H,1-8,16H2. The van der Waals surface area contributed by atoms with E-state index in [-0.39, 0.29) is 5.91 Å². The Balaban J connectivity index is 1.95. The molecule has 2 heterocycles. The van der Waals surface area contributed by atoms with Gasteiger partial charge in [-0.1, -0.05) is 0 Å². The van der Waals surface area contributed by atoms with Gasteiger partial charge < -0.3 is 20.7 Å². The Kier molecular flexibility index (Phi) is 3.67. The summed E-state index contributed by atoms with van der Waals surface area (Å²) in [6.07, 6.45) is 4.29. The summed E-state index contributed by atoms with van der Waals surface area (Å²) in [7, 11) is 0. The Hall–Kier alpha value is -1.91. The molecular formula is C15H21N3O2. The van der Waals surface area contributed by atoms with E-state index in [9.17, 15) is 4.79 Å². The zero-order valence-corrected chi connectivity index (χ0v) is 11.7. The number of benzene rings is 1. The van der Waals surface area contributed by atoms with Gasteiger partial charge in [0.1, 0.15) is 0 Å². The van der Waals surface area contributed by atoms with Crippen LogP contribution in [0.5, 0.6) is 5.75 Å². The summed E-state index contributed by atoms with van der Waals surface area (Å²) in [5.41, 5.74) is 7.96. The summed E-state index contributed by atoms with van der Waals surface area (Å²) < 4.78 is 5.78. The largest absolute Gasteiger partial charge is 0.491 e. The van der Waals surface area contributed by atoms with Crippen LogP contribution in [-0.4, -0.2) is 37.0 Å². The first kappa shape index (κ1) is 13.1. The van der Waals surface area contributed by atoms with Gasteiger partial charge in [0.25, 0.3) is 5.91 Å². The number of hydrogen-bond donors (Lipinski definition) is 2. The van der Waals surface area contributed by atoms with Gasteiger partial charge in [0.05, 0.1) is 17.9 Å². The molecule has 0 radical (unpaired) electrons. The van der Waals surface area contributed by atoms with Crippen LogP contribution in [0, 0.1) is 0 Å². The van der Waals surface area contributed by atoms with E-state index in [2.05, 4.69) is 5.32 Å². The lowest BCUT2D eigenvalue weighted by Crippen LogP contribution is -2.35. The van der Waals surface area contributed by atoms with Gasteiger partial charge in [-0.3, -0.25) is 4.79 Å². The number of nitrogens with two attached hydrogens (primary N) is 1. The summed E-state index contributed by atoms with van der Waals surface area (Å²) in [5, 5.41) is 3.29. The van der Waals surface area contributed by atoms with Crippen LogP contribution < -0.4 is 15.8 Å². The molecule has 5 nitrogen and oxygen atoms in total. The highest BCUT2D eigenvalue weighted by Crippen LogP contribution is 2.34. The van der Waals surface area contributed by atoms with E-state index in [1.165, 1.54) is 6.42 Å². The normalized spacial score (nSPS) is 18.5. The number of likely N-dealkylation sites (tertiary alicyclic amines) is 1. The number of carbonyl (C=O) groups excluding carboxylic acids is 1. The Morgan fingerprint density at radius 2 is 2.00 bits per heavy atom. The van der Waals surface area contributed by atoms with Crippen molar-refractivity contribution in [2.24, 2.45) is 0 Å². The minimum absolute atomic E-state index is 0.0388. The van der Waals surface area contributed by atoms with Gasteiger partial charge in [-0.2, -0.15) is 0 Å². The molecule has 1 saturated heterocycles. The number of nitrogen functional groups attached to an aromatic ring is 1. The molecule has 1 fully saturated rings. The first-order valence-corrected chi connectivity index (χ1v) is 7.35. The van der Waals surface area contributed by atoms with E-state index in [1.54, 1.807) is 6.07 Å². The maximum atomic E-state index is 12.7. The van der Waals surface area contributed by atoms with Crippen LogP contribution >= 0.6 is 0 Å². The fourth-order valence-corrected chi connectivity index (χ4v) is 2.83. The van der Waals surface area contributed by atoms with E-state index in [0.29, 0.717) is 23.6 Å². The van der Waals surface area contributed by atoms with E-state index in [1.807, 2.05) is 11.0 Å². The minimum atomic E-state index is 0.0388. The molecule has 0 spiro atoms. The highest BCUT2D eigenvalue weighted by molar-refractivity contribution is 6.00. The number of nitrogens with one attached hydrogen (secondary N) is 1. The van der Waals surface area contributed by atoms with Crippen molar-refractivity contribution in [3.63, 3.8) is 0 Å². The second-order valence-corrected chi connectivity index (χ2v) is 5.43. The van der Waals surface area contributed by atoms with Crippen LogP contribution in [-0.2, 0) is 0 Å². The summed E-state index contributed by atoms with van der Waals surface area (Å²) in [4.78, 5) is 14.6. The van der Waals surface area contributed by atoms with Gasteiger partial charge in [0.2, 0.25) is 0 Å². The molecule has 0 aromatic heterocycles. The van der Waals surface area contributed by atoms with Crippen LogP contribution in [0.15, 0.2) is 12.1 Å². The monoisotopic (exact) mass is 275 g/mol. The molecule has 2 aliphatic heterocycles. The quantitative estimate of drug-likeness (QED) is 0.770. The van der Waals surface area contributed by atoms with Crippen molar-refractivity contribution in [3.8, 4) is 5.75 Å². The van der Waals surface area contributed by atoms with Crippen molar-refractivity contribution >= 4 is 17.3 Å². The van der Waals surface area contributed by atoms with E-state index >= 15 is 0 Å². The summed E-state index contributed by atoms with van der Waals surface area (Å²) in [6, 6.07) is 3.58. The van der Waals surface area contributed by atoms with Gasteiger partial charge in [-0.15, -0.1) is 0 Å². The number of carbonyl (C=O) groups is 1. The third-order valence-electron chi connectivity index (χ3n) is 3.87. The molecule has 1 aromatic rings. The van der Waals surface area contributed by atoms with Crippen LogP contribution in [0.1, 0.15) is 36.0 Å². The maximum Gasteiger partial charge on any atom is 0.257 e. The fraction of sp³-hybridized carbons (Fsp3) is 0.533. The van der Waals surface area contributed by atoms with Crippen molar-refractivity contribution < 1.29 is 9.53 Å². The predicted molar refractivity (Wildman–Crippen MR) is 79.2 cm³/mol. The Labute approximate surface area is 119 Å². The smallest absolute Gasteiger partial charge is 0.257 e. The van der Waals surface area contributed by atoms with Crippen LogP contribution in [0.25, 0.3) is 0 Å². The molecule has 0 aliphatic carbocycles. The zero-order valence-electron chi connectivity index (χ0n) is 11.7. The third kappa shape index (κ3) is 2.53. The Bertz CT molecular complexity index is 510. The second-order valence-electron chi connectivity index (χ2n) is 5.43. The van der Waals surface area contributed by atoms with Crippen LogP contribution in [0.3, 0.4) is 0 Å². The number of nitrogens with zero attached hydrogens (tertiary/aromatic N) is 1. The van der Waals surface area contributed by atoms with Crippen molar-refractivity contribution in [1.29, 1.82) is 0 Å². The molecule has 0 unspecified atom stereocenters. The van der Waals surface area contributed by atoms with Crippen LogP contribution in [0.2, 0.25) is 0 Å². The van der Waals surface area contributed by atoms with E-state index in [0.717, 1.165) is 44.6 Å². The number of fused-ring (bicyclic) bond motifs is 1. The van der Waals surface area contributed by atoms with Gasteiger partial charge in [-0.25, -0.2) is 0 Å². The highest BCUT2D eigenvalue weighted by atomic mass is 16.5. The molecule has 1 aromatic carbocycles. The lowest BCUT2D eigenvalue weighted by molar-refractivity contribution is 0.0720. The van der Waals surface area contributed by atoms with E-state index in [4.69, 9.17) is 10.5 Å². The number of amides is 1. The SMILES string of the molecule is Nc1cc2c(c(C(=O)N3CCCCC3)c1)OCCCN2. The molecule has 5 heteroatoms. The van der Waals surface area contributed by atoms with Gasteiger partial charge >= 0.3 is 0 Å². The zero-order chi connectivity index (χ0) is 13.9. The van der Waals surface area contributed by atoms with Crippen molar-refractivity contribution in [2.45, 2.75) is 25.7 Å². The number of ether oxygens (including phenoxy) is 1. The molecule has 20 heavy (non-hydrogen) atoms. The molecule has 0 atom stereocenters. The van der Waals surface area contributed by atoms with Crippen molar-refractivity contribution in [2.75, 3.05) is 37.3 Å². The fourth-order valence-electron chi connectivity index (χ4n) is 2.83.